The Balaban J connectivity index is 1.15. The lowest BCUT2D eigenvalue weighted by molar-refractivity contribution is -0.158. The van der Waals surface area contributed by atoms with Gasteiger partial charge in [-0.15, -0.1) is 6.58 Å². The van der Waals surface area contributed by atoms with E-state index < -0.39 is 62.0 Å². The number of hydrogen-bond acceptors (Lipinski definition) is 11. The van der Waals surface area contributed by atoms with E-state index in [4.69, 9.17) is 19.2 Å². The van der Waals surface area contributed by atoms with E-state index in [0.717, 1.165) is 62.7 Å². The van der Waals surface area contributed by atoms with Crippen molar-refractivity contribution in [2.75, 3.05) is 32.8 Å². The maximum atomic E-state index is 15.0. The van der Waals surface area contributed by atoms with Crippen LogP contribution in [-0.4, -0.2) is 103 Å². The summed E-state index contributed by atoms with van der Waals surface area (Å²) < 4.78 is 47.9. The van der Waals surface area contributed by atoms with Crippen LogP contribution in [0.5, 0.6) is 11.6 Å². The van der Waals surface area contributed by atoms with E-state index in [2.05, 4.69) is 28.4 Å². The smallest absolute Gasteiger partial charge is 0.306 e. The number of carbonyl (C=O) groups excluding carboxylic acids is 4. The lowest BCUT2D eigenvalue weighted by Crippen LogP contribution is -2.48. The molecule has 2 amide bonds. The van der Waals surface area contributed by atoms with Crippen LogP contribution < -0.4 is 14.2 Å². The number of piperidine rings is 1. The predicted octanol–water partition coefficient (Wildman–Crippen LogP) is 6.86. The zero-order valence-corrected chi connectivity index (χ0v) is 38.2. The summed E-state index contributed by atoms with van der Waals surface area (Å²) in [7, 11) is -3.87. The Labute approximate surface area is 372 Å². The van der Waals surface area contributed by atoms with Crippen LogP contribution >= 0.6 is 0 Å². The summed E-state index contributed by atoms with van der Waals surface area (Å²) in [5.41, 5.74) is -0.492. The number of benzene rings is 1. The minimum absolute atomic E-state index is 0.0383. The molecular formula is C49H66N4O9S. The molecule has 3 saturated carbocycles. The molecule has 1 aromatic heterocycles. The molecule has 0 unspecified atom stereocenters. The Morgan fingerprint density at radius 3 is 2.52 bits per heavy atom. The number of rotatable bonds is 11. The molecule has 2 saturated heterocycles. The molecule has 342 valence electrons. The molecule has 5 fully saturated rings. The molecule has 8 rings (SSSR count). The van der Waals surface area contributed by atoms with Crippen LogP contribution in [0, 0.1) is 28.6 Å². The number of hydrogen-bond donors (Lipinski definition) is 1. The first kappa shape index (κ1) is 45.3. The van der Waals surface area contributed by atoms with Crippen LogP contribution in [0.15, 0.2) is 49.1 Å². The minimum atomic E-state index is -3.87. The quantitative estimate of drug-likeness (QED) is 0.185. The number of nitrogens with one attached hydrogen (secondary N) is 1. The number of para-hydroxylation sites is 1. The van der Waals surface area contributed by atoms with E-state index in [1.54, 1.807) is 6.08 Å². The molecule has 0 radical (unpaired) electrons. The third-order valence-corrected chi connectivity index (χ3v) is 16.4. The summed E-state index contributed by atoms with van der Waals surface area (Å²) >= 11 is 0. The first-order valence-corrected chi connectivity index (χ1v) is 25.0. The Morgan fingerprint density at radius 1 is 1.02 bits per heavy atom. The Bertz CT molecular complexity index is 2210. The molecule has 63 heavy (non-hydrogen) atoms. The van der Waals surface area contributed by atoms with Gasteiger partial charge in [-0.2, -0.15) is 0 Å². The van der Waals surface area contributed by atoms with Crippen molar-refractivity contribution >= 4 is 44.5 Å². The van der Waals surface area contributed by atoms with Gasteiger partial charge < -0.3 is 19.1 Å². The highest BCUT2D eigenvalue weighted by Gasteiger charge is 2.61. The third kappa shape index (κ3) is 10.2. The van der Waals surface area contributed by atoms with Crippen LogP contribution in [0.3, 0.4) is 0 Å². The van der Waals surface area contributed by atoms with Crippen molar-refractivity contribution < 1.29 is 41.8 Å². The summed E-state index contributed by atoms with van der Waals surface area (Å²) in [5.74, 6) is -1.80. The van der Waals surface area contributed by atoms with E-state index in [0.29, 0.717) is 43.0 Å². The van der Waals surface area contributed by atoms with Crippen LogP contribution in [0.1, 0.15) is 116 Å². The highest BCUT2D eigenvalue weighted by molar-refractivity contribution is 7.90. The number of amides is 2. The Hall–Kier alpha value is -4.30. The molecule has 0 spiro atoms. The molecule has 2 aromatic rings. The van der Waals surface area contributed by atoms with Crippen LogP contribution in [0.4, 0.5) is 0 Å². The van der Waals surface area contributed by atoms with Crippen LogP contribution in [-0.2, 0) is 40.4 Å². The monoisotopic (exact) mass is 886 g/mol. The summed E-state index contributed by atoms with van der Waals surface area (Å²) in [4.78, 5) is 66.4. The fraction of sp³-hybridized carbons (Fsp3) is 0.653. The maximum Gasteiger partial charge on any atom is 0.306 e. The zero-order valence-electron chi connectivity index (χ0n) is 37.4. The number of ketones is 1. The van der Waals surface area contributed by atoms with E-state index in [1.165, 1.54) is 24.2 Å². The van der Waals surface area contributed by atoms with E-state index in [1.807, 2.05) is 45.0 Å². The van der Waals surface area contributed by atoms with Gasteiger partial charge in [-0.3, -0.25) is 28.8 Å². The lowest BCUT2D eigenvalue weighted by Gasteiger charge is -2.35. The molecule has 4 heterocycles. The van der Waals surface area contributed by atoms with Gasteiger partial charge in [-0.05, 0) is 113 Å². The van der Waals surface area contributed by atoms with Crippen molar-refractivity contribution in [1.29, 1.82) is 0 Å². The molecule has 6 aliphatic rings. The topological polar surface area (TPSA) is 162 Å². The molecule has 7 atom stereocenters. The normalized spacial score (nSPS) is 30.2. The number of allylic oxidation sites excluding steroid dienone is 3. The van der Waals surface area contributed by atoms with Crippen molar-refractivity contribution in [3.63, 3.8) is 0 Å². The number of nitrogens with zero attached hydrogens (tertiary/aromatic N) is 3. The zero-order chi connectivity index (χ0) is 44.5. The maximum absolute atomic E-state index is 15.0. The van der Waals surface area contributed by atoms with Gasteiger partial charge >= 0.3 is 5.97 Å². The van der Waals surface area contributed by atoms with Gasteiger partial charge in [0.15, 0.2) is 5.78 Å². The number of sulfonamides is 1. The molecule has 3 aliphatic heterocycles. The second-order valence-corrected chi connectivity index (χ2v) is 22.1. The van der Waals surface area contributed by atoms with Gasteiger partial charge in [-0.1, -0.05) is 57.6 Å². The number of Topliss-reactive ketones (excluding diaryl/α,β-unsaturated/α-hetero) is 1. The average molecular weight is 887 g/mol. The van der Waals surface area contributed by atoms with Gasteiger partial charge in [-0.25, -0.2) is 13.4 Å². The SMILES string of the molecule is C=C[C@@H]1C[C@]1(CC(=O)[C@@H]1C[C@@H]2CN1C(=O)[C@H](C(C)(C)C)CC(=O)O[C@@H]1CCC[C@H]1CC/C=C/Cc1c(nc3ccccc3c1OCCN1CCCCC1)O2)C(=O)NS(=O)(=O)C1CC1. The molecule has 14 heteroatoms. The summed E-state index contributed by atoms with van der Waals surface area (Å²) in [6.07, 6.45) is 14.4. The number of fused-ring (bicyclic) bond motifs is 5. The van der Waals surface area contributed by atoms with Crippen LogP contribution in [0.25, 0.3) is 10.9 Å². The molecule has 2 bridgehead atoms. The fourth-order valence-electron chi connectivity index (χ4n) is 10.5. The summed E-state index contributed by atoms with van der Waals surface area (Å²) in [6, 6.07) is 6.84. The van der Waals surface area contributed by atoms with Gasteiger partial charge in [0, 0.05) is 24.8 Å². The minimum Gasteiger partial charge on any atom is -0.491 e. The lowest BCUT2D eigenvalue weighted by atomic mass is 9.77. The number of aromatic nitrogens is 1. The fourth-order valence-corrected chi connectivity index (χ4v) is 11.8. The second-order valence-electron chi connectivity index (χ2n) is 20.1. The first-order chi connectivity index (χ1) is 30.2. The number of esters is 1. The van der Waals surface area contributed by atoms with Gasteiger partial charge in [0.2, 0.25) is 27.7 Å². The summed E-state index contributed by atoms with van der Waals surface area (Å²) in [5, 5.41) is 0.266. The highest BCUT2D eigenvalue weighted by Crippen LogP contribution is 2.57. The van der Waals surface area contributed by atoms with Crippen LogP contribution in [0.2, 0.25) is 0 Å². The molecular weight excluding hydrogens is 821 g/mol. The van der Waals surface area contributed by atoms with Gasteiger partial charge in [0.05, 0.1) is 46.7 Å². The standard InChI is InChI=1S/C49H66N4O9S/c1-5-33-29-49(33,47(57)51-63(58,59)35-21-22-35)30-41(54)40-27-34-31-53(40)46(56)38(48(2,3)4)28-43(55)62-42-20-14-16-32(42)15-8-6-9-18-37-44(60-26-25-52-23-12-7-13-24-52)36-17-10-11-19-39(36)50-45(37)61-34/h5-6,9-11,17,19,32-35,38,40,42H,1,7-8,12-16,18,20-31H2,2-4H3,(H,51,57)/b9-6+/t32-,33-,34-,38-,40+,42-,49-/m1/s1. The van der Waals surface area contributed by atoms with E-state index in [-0.39, 0.29) is 55.9 Å². The molecule has 13 nitrogen and oxygen atoms in total. The average Bonchev–Trinajstić information content (AvgIpc) is 4.15. The van der Waals surface area contributed by atoms with E-state index in [9.17, 15) is 22.8 Å². The van der Waals surface area contributed by atoms with E-state index >= 15 is 4.79 Å². The van der Waals surface area contributed by atoms with Crippen molar-refractivity contribution in [2.45, 2.75) is 141 Å². The van der Waals surface area contributed by atoms with Crippen molar-refractivity contribution in [2.24, 2.45) is 28.6 Å². The van der Waals surface area contributed by atoms with Gasteiger partial charge in [0.1, 0.15) is 24.6 Å². The molecule has 3 aliphatic carbocycles. The van der Waals surface area contributed by atoms with Gasteiger partial charge in [0.25, 0.3) is 0 Å². The first-order valence-electron chi connectivity index (χ1n) is 23.5. The summed E-state index contributed by atoms with van der Waals surface area (Å²) in [6.45, 7) is 13.1. The largest absolute Gasteiger partial charge is 0.491 e. The molecule has 1 aromatic carbocycles. The second kappa shape index (κ2) is 18.7. The number of likely N-dealkylation sites (tertiary alicyclic amines) is 1. The third-order valence-electron chi connectivity index (χ3n) is 14.5. The molecule has 1 N–H and O–H groups in total. The van der Waals surface area contributed by atoms with Crippen molar-refractivity contribution in [3.8, 4) is 11.6 Å². The predicted molar refractivity (Wildman–Crippen MR) is 239 cm³/mol. The number of pyridine rings is 1. The van der Waals surface area contributed by atoms with Crippen molar-refractivity contribution in [3.05, 3.63) is 54.6 Å². The van der Waals surface area contributed by atoms with Crippen molar-refractivity contribution in [1.82, 2.24) is 19.5 Å². The highest BCUT2D eigenvalue weighted by atomic mass is 32.2. The Morgan fingerprint density at radius 2 is 1.79 bits per heavy atom. The number of carbonyl (C=O) groups is 4. The number of ether oxygens (including phenoxy) is 3. The Kier molecular flexibility index (Phi) is 13.4.